The first-order chi connectivity index (χ1) is 7.00. The van der Waals surface area contributed by atoms with Crippen LogP contribution in [0.2, 0.25) is 5.02 Å². The summed E-state index contributed by atoms with van der Waals surface area (Å²) < 4.78 is 0. The Labute approximate surface area is 95.9 Å². The van der Waals surface area contributed by atoms with Crippen LogP contribution in [0.4, 0.5) is 0 Å². The Morgan fingerprint density at radius 3 is 2.73 bits per heavy atom. The number of fused-ring (bicyclic) bond motifs is 1. The summed E-state index contributed by atoms with van der Waals surface area (Å²) in [5.74, 6) is 0. The van der Waals surface area contributed by atoms with Gasteiger partial charge >= 0.3 is 0 Å². The molecule has 0 atom stereocenters. The predicted octanol–water partition coefficient (Wildman–Crippen LogP) is 3.41. The molecular weight excluding hydrogens is 206 g/mol. The molecule has 1 aliphatic carbocycles. The van der Waals surface area contributed by atoms with Crippen LogP contribution in [-0.2, 0) is 6.42 Å². The van der Waals surface area contributed by atoms with Gasteiger partial charge in [-0.3, -0.25) is 0 Å². The second kappa shape index (κ2) is 3.66. The quantitative estimate of drug-likeness (QED) is 0.773. The molecule has 0 radical (unpaired) electrons. The normalized spacial score (nSPS) is 15.9. The van der Waals surface area contributed by atoms with E-state index in [9.17, 15) is 0 Å². The zero-order valence-corrected chi connectivity index (χ0v) is 9.93. The molecule has 0 saturated carbocycles. The lowest BCUT2D eigenvalue weighted by Gasteiger charge is -2.29. The molecule has 1 aromatic carbocycles. The lowest BCUT2D eigenvalue weighted by Crippen LogP contribution is -2.34. The predicted molar refractivity (Wildman–Crippen MR) is 66.0 cm³/mol. The lowest BCUT2D eigenvalue weighted by molar-refractivity contribution is 0.667. The largest absolute Gasteiger partial charge is 0.322 e. The number of halogens is 1. The monoisotopic (exact) mass is 221 g/mol. The van der Waals surface area contributed by atoms with Crippen LogP contribution in [0.25, 0.3) is 5.57 Å². The van der Waals surface area contributed by atoms with Crippen LogP contribution in [0.5, 0.6) is 0 Å². The fourth-order valence-corrected chi connectivity index (χ4v) is 2.43. The van der Waals surface area contributed by atoms with Gasteiger partial charge in [0, 0.05) is 16.1 Å². The Kier molecular flexibility index (Phi) is 2.61. The molecule has 0 fully saturated rings. The molecule has 0 bridgehead atoms. The smallest absolute Gasteiger partial charge is 0.0484 e. The van der Waals surface area contributed by atoms with Gasteiger partial charge in [0.1, 0.15) is 0 Å². The Balaban J connectivity index is 2.60. The minimum absolute atomic E-state index is 0.319. The lowest BCUT2D eigenvalue weighted by atomic mass is 9.81. The van der Waals surface area contributed by atoms with Crippen molar-refractivity contribution in [1.82, 2.24) is 0 Å². The molecule has 0 unspecified atom stereocenters. The first-order valence-electron chi connectivity index (χ1n) is 5.27. The summed E-state index contributed by atoms with van der Waals surface area (Å²) in [5.41, 5.74) is 9.49. The van der Waals surface area contributed by atoms with Gasteiger partial charge in [-0.25, -0.2) is 0 Å². The van der Waals surface area contributed by atoms with Gasteiger partial charge in [0.05, 0.1) is 0 Å². The molecule has 2 N–H and O–H groups in total. The molecule has 1 aliphatic rings. The average Bonchev–Trinajstić information content (AvgIpc) is 2.16. The maximum Gasteiger partial charge on any atom is 0.0484 e. The van der Waals surface area contributed by atoms with Crippen LogP contribution in [-0.4, -0.2) is 5.54 Å². The first-order valence-corrected chi connectivity index (χ1v) is 5.65. The molecule has 0 amide bonds. The van der Waals surface area contributed by atoms with Gasteiger partial charge < -0.3 is 5.73 Å². The maximum absolute atomic E-state index is 6.25. The van der Waals surface area contributed by atoms with Crippen molar-refractivity contribution >= 4 is 17.2 Å². The molecule has 0 aromatic heterocycles. The minimum atomic E-state index is -0.319. The van der Waals surface area contributed by atoms with Crippen LogP contribution in [0, 0.1) is 0 Å². The second-order valence-electron chi connectivity index (χ2n) is 4.65. The number of hydrogen-bond donors (Lipinski definition) is 1. The van der Waals surface area contributed by atoms with Crippen molar-refractivity contribution in [3.63, 3.8) is 0 Å². The SMILES string of the molecule is CC(C)(N)C1=CCCc2cccc(Cl)c21. The summed E-state index contributed by atoms with van der Waals surface area (Å²) in [5, 5.41) is 0.817. The number of benzene rings is 1. The third-order valence-corrected chi connectivity index (χ3v) is 3.14. The first kappa shape index (κ1) is 10.7. The van der Waals surface area contributed by atoms with Crippen molar-refractivity contribution < 1.29 is 0 Å². The van der Waals surface area contributed by atoms with Gasteiger partial charge in [0.25, 0.3) is 0 Å². The number of rotatable bonds is 1. The van der Waals surface area contributed by atoms with E-state index in [1.165, 1.54) is 11.1 Å². The van der Waals surface area contributed by atoms with E-state index in [0.29, 0.717) is 0 Å². The van der Waals surface area contributed by atoms with E-state index in [2.05, 4.69) is 12.1 Å². The molecule has 0 saturated heterocycles. The van der Waals surface area contributed by atoms with Gasteiger partial charge in [-0.1, -0.05) is 29.8 Å². The Bertz CT molecular complexity index is 413. The summed E-state index contributed by atoms with van der Waals surface area (Å²) >= 11 is 6.25. The summed E-state index contributed by atoms with van der Waals surface area (Å²) in [6, 6.07) is 6.08. The van der Waals surface area contributed by atoms with E-state index >= 15 is 0 Å². The highest BCUT2D eigenvalue weighted by Crippen LogP contribution is 2.37. The maximum atomic E-state index is 6.25. The zero-order valence-electron chi connectivity index (χ0n) is 9.18. The summed E-state index contributed by atoms with van der Waals surface area (Å²) in [7, 11) is 0. The molecule has 0 spiro atoms. The number of hydrogen-bond acceptors (Lipinski definition) is 1. The van der Waals surface area contributed by atoms with Crippen molar-refractivity contribution in [3.05, 3.63) is 40.4 Å². The van der Waals surface area contributed by atoms with Crippen LogP contribution in [0.1, 0.15) is 31.4 Å². The molecule has 1 nitrogen and oxygen atoms in total. The van der Waals surface area contributed by atoms with E-state index in [1.54, 1.807) is 0 Å². The standard InChI is InChI=1S/C13H16ClN/c1-13(2,15)10-7-3-5-9-6-4-8-11(14)12(9)10/h4,6-8H,3,5,15H2,1-2H3. The molecule has 1 aromatic rings. The van der Waals surface area contributed by atoms with Crippen molar-refractivity contribution in [2.24, 2.45) is 5.73 Å². The summed E-state index contributed by atoms with van der Waals surface area (Å²) in [4.78, 5) is 0. The highest BCUT2D eigenvalue weighted by Gasteiger charge is 2.25. The molecule has 2 rings (SSSR count). The molecule has 0 heterocycles. The van der Waals surface area contributed by atoms with E-state index < -0.39 is 0 Å². The van der Waals surface area contributed by atoms with Crippen molar-refractivity contribution in [2.75, 3.05) is 0 Å². The zero-order chi connectivity index (χ0) is 11.1. The fourth-order valence-electron chi connectivity index (χ4n) is 2.14. The van der Waals surface area contributed by atoms with Gasteiger partial charge in [-0.05, 0) is 43.9 Å². The van der Waals surface area contributed by atoms with Crippen LogP contribution >= 0.6 is 11.6 Å². The Morgan fingerprint density at radius 2 is 2.07 bits per heavy atom. The Hall–Kier alpha value is -0.790. The van der Waals surface area contributed by atoms with E-state index in [4.69, 9.17) is 17.3 Å². The summed E-state index contributed by atoms with van der Waals surface area (Å²) in [6.45, 7) is 4.05. The van der Waals surface area contributed by atoms with Crippen molar-refractivity contribution in [2.45, 2.75) is 32.2 Å². The molecule has 0 aliphatic heterocycles. The van der Waals surface area contributed by atoms with Gasteiger partial charge in [-0.2, -0.15) is 0 Å². The Morgan fingerprint density at radius 1 is 1.33 bits per heavy atom. The summed E-state index contributed by atoms with van der Waals surface area (Å²) in [6.07, 6.45) is 4.34. The van der Waals surface area contributed by atoms with E-state index in [-0.39, 0.29) is 5.54 Å². The third-order valence-electron chi connectivity index (χ3n) is 2.83. The van der Waals surface area contributed by atoms with Crippen LogP contribution in [0.15, 0.2) is 24.3 Å². The van der Waals surface area contributed by atoms with Crippen LogP contribution in [0.3, 0.4) is 0 Å². The molecule has 15 heavy (non-hydrogen) atoms. The minimum Gasteiger partial charge on any atom is -0.322 e. The number of nitrogens with two attached hydrogens (primary N) is 1. The highest BCUT2D eigenvalue weighted by molar-refractivity contribution is 6.32. The average molecular weight is 222 g/mol. The molecular formula is C13H16ClN. The van der Waals surface area contributed by atoms with Gasteiger partial charge in [0.15, 0.2) is 0 Å². The van der Waals surface area contributed by atoms with Crippen LogP contribution < -0.4 is 5.73 Å². The second-order valence-corrected chi connectivity index (χ2v) is 5.06. The number of aryl methyl sites for hydroxylation is 1. The van der Waals surface area contributed by atoms with E-state index in [0.717, 1.165) is 23.4 Å². The van der Waals surface area contributed by atoms with Crippen molar-refractivity contribution in [1.29, 1.82) is 0 Å². The molecule has 80 valence electrons. The third kappa shape index (κ3) is 1.95. The molecule has 2 heteroatoms. The van der Waals surface area contributed by atoms with Gasteiger partial charge in [0.2, 0.25) is 0 Å². The van der Waals surface area contributed by atoms with Gasteiger partial charge in [-0.15, -0.1) is 0 Å². The fraction of sp³-hybridized carbons (Fsp3) is 0.385. The topological polar surface area (TPSA) is 26.0 Å². The van der Waals surface area contributed by atoms with E-state index in [1.807, 2.05) is 26.0 Å². The highest BCUT2D eigenvalue weighted by atomic mass is 35.5. The van der Waals surface area contributed by atoms with Crippen molar-refractivity contribution in [3.8, 4) is 0 Å². The number of allylic oxidation sites excluding steroid dienone is 1.